The molecule has 1 N–H and O–H groups in total. The first kappa shape index (κ1) is 18.2. The molecule has 5 nitrogen and oxygen atoms in total. The van der Waals surface area contributed by atoms with E-state index in [0.29, 0.717) is 18.7 Å². The van der Waals surface area contributed by atoms with Crippen LogP contribution in [0.25, 0.3) is 10.9 Å². The number of nitrogens with zero attached hydrogens (tertiary/aromatic N) is 1. The number of hydrogen-bond acceptors (Lipinski definition) is 3. The number of aromatic amines is 1. The maximum absolute atomic E-state index is 13.1. The SMILES string of the molecule is Cc1cc(C)c2[nH]c(=O)c(CN(C(=O)[C@@H]3CCCO3)C3CCCC3)cc2c1. The predicted octanol–water partition coefficient (Wildman–Crippen LogP) is 3.60. The molecule has 2 aromatic rings. The number of carbonyl (C=O) groups excluding carboxylic acids is 1. The van der Waals surface area contributed by atoms with Gasteiger partial charge in [0.05, 0.1) is 12.1 Å². The Hall–Kier alpha value is -2.14. The minimum atomic E-state index is -0.338. The summed E-state index contributed by atoms with van der Waals surface area (Å²) in [5, 5.41) is 1.03. The van der Waals surface area contributed by atoms with Crippen molar-refractivity contribution in [1.82, 2.24) is 9.88 Å². The van der Waals surface area contributed by atoms with E-state index in [4.69, 9.17) is 4.74 Å². The highest BCUT2D eigenvalue weighted by molar-refractivity contribution is 5.84. The lowest BCUT2D eigenvalue weighted by Gasteiger charge is -2.31. The molecule has 5 heteroatoms. The van der Waals surface area contributed by atoms with Crippen LogP contribution >= 0.6 is 0 Å². The van der Waals surface area contributed by atoms with E-state index in [0.717, 1.165) is 55.0 Å². The summed E-state index contributed by atoms with van der Waals surface area (Å²) in [6, 6.07) is 6.34. The van der Waals surface area contributed by atoms with Gasteiger partial charge in [0.25, 0.3) is 11.5 Å². The van der Waals surface area contributed by atoms with Gasteiger partial charge in [0, 0.05) is 18.2 Å². The second-order valence-corrected chi connectivity index (χ2v) is 8.08. The number of amides is 1. The standard InChI is InChI=1S/C22H28N2O3/c1-14-10-15(2)20-16(11-14)12-17(21(25)23-20)13-24(18-6-3-4-7-18)22(26)19-8-5-9-27-19/h10-12,18-19H,3-9,13H2,1-2H3,(H,23,25)/t19-/m0/s1. The number of nitrogens with one attached hydrogen (secondary N) is 1. The van der Waals surface area contributed by atoms with E-state index in [1.165, 1.54) is 5.56 Å². The van der Waals surface area contributed by atoms with Gasteiger partial charge >= 0.3 is 0 Å². The maximum atomic E-state index is 13.1. The van der Waals surface area contributed by atoms with E-state index in [1.807, 2.05) is 17.9 Å². The first-order valence-corrected chi connectivity index (χ1v) is 10.1. The highest BCUT2D eigenvalue weighted by Crippen LogP contribution is 2.28. The Morgan fingerprint density at radius 3 is 2.63 bits per heavy atom. The van der Waals surface area contributed by atoms with Crippen LogP contribution in [0.3, 0.4) is 0 Å². The number of hydrogen-bond donors (Lipinski definition) is 1. The topological polar surface area (TPSA) is 62.4 Å². The van der Waals surface area contributed by atoms with Gasteiger partial charge in [-0.3, -0.25) is 9.59 Å². The van der Waals surface area contributed by atoms with E-state index in [1.54, 1.807) is 0 Å². The Morgan fingerprint density at radius 1 is 1.15 bits per heavy atom. The lowest BCUT2D eigenvalue weighted by atomic mass is 10.0. The van der Waals surface area contributed by atoms with Crippen molar-refractivity contribution in [3.05, 3.63) is 45.2 Å². The molecule has 1 aliphatic heterocycles. The average molecular weight is 368 g/mol. The summed E-state index contributed by atoms with van der Waals surface area (Å²) in [7, 11) is 0. The number of pyridine rings is 1. The van der Waals surface area contributed by atoms with Crippen LogP contribution in [0.1, 0.15) is 55.2 Å². The maximum Gasteiger partial charge on any atom is 0.253 e. The number of ether oxygens (including phenoxy) is 1. The average Bonchev–Trinajstić information content (AvgIpc) is 3.34. The summed E-state index contributed by atoms with van der Waals surface area (Å²) in [6.45, 7) is 5.09. The molecule has 1 atom stereocenters. The molecule has 0 spiro atoms. The van der Waals surface area contributed by atoms with Crippen molar-refractivity contribution in [3.8, 4) is 0 Å². The lowest BCUT2D eigenvalue weighted by molar-refractivity contribution is -0.144. The van der Waals surface area contributed by atoms with Crippen LogP contribution in [0.2, 0.25) is 0 Å². The van der Waals surface area contributed by atoms with Crippen molar-refractivity contribution in [2.75, 3.05) is 6.61 Å². The van der Waals surface area contributed by atoms with Gasteiger partial charge in [-0.1, -0.05) is 24.5 Å². The van der Waals surface area contributed by atoms with Gasteiger partial charge in [0.15, 0.2) is 0 Å². The number of benzene rings is 1. The number of fused-ring (bicyclic) bond motifs is 1. The number of aryl methyl sites for hydroxylation is 2. The molecule has 0 unspecified atom stereocenters. The van der Waals surface area contributed by atoms with E-state index in [2.05, 4.69) is 24.0 Å². The zero-order valence-electron chi connectivity index (χ0n) is 16.2. The summed E-state index contributed by atoms with van der Waals surface area (Å²) in [4.78, 5) is 30.8. The fourth-order valence-electron chi connectivity index (χ4n) is 4.59. The number of H-pyrrole nitrogens is 1. The Bertz CT molecular complexity index is 906. The summed E-state index contributed by atoms with van der Waals surface area (Å²) >= 11 is 0. The minimum absolute atomic E-state index is 0.0549. The highest BCUT2D eigenvalue weighted by Gasteiger charge is 2.34. The molecule has 0 bridgehead atoms. The molecule has 27 heavy (non-hydrogen) atoms. The summed E-state index contributed by atoms with van der Waals surface area (Å²) in [5.41, 5.74) is 3.67. The molecule has 1 aromatic heterocycles. The molecule has 1 amide bonds. The van der Waals surface area contributed by atoms with Crippen LogP contribution in [-0.4, -0.2) is 34.5 Å². The molecule has 1 aliphatic carbocycles. The molecule has 2 aliphatic rings. The van der Waals surface area contributed by atoms with Crippen molar-refractivity contribution < 1.29 is 9.53 Å². The molecule has 1 aromatic carbocycles. The number of rotatable bonds is 4. The molecule has 144 valence electrons. The second kappa shape index (κ2) is 7.47. The summed E-state index contributed by atoms with van der Waals surface area (Å²) < 4.78 is 5.65. The molecule has 1 saturated carbocycles. The molecule has 4 rings (SSSR count). The molecule has 2 fully saturated rings. The van der Waals surface area contributed by atoms with E-state index in [9.17, 15) is 9.59 Å². The fourth-order valence-corrected chi connectivity index (χ4v) is 4.59. The lowest BCUT2D eigenvalue weighted by Crippen LogP contribution is -2.44. The molecule has 1 saturated heterocycles. The van der Waals surface area contributed by atoms with E-state index in [-0.39, 0.29) is 23.6 Å². The third-order valence-corrected chi connectivity index (χ3v) is 5.96. The molecule has 0 radical (unpaired) electrons. The normalized spacial score (nSPS) is 20.4. The van der Waals surface area contributed by atoms with Gasteiger partial charge < -0.3 is 14.6 Å². The zero-order valence-corrected chi connectivity index (χ0v) is 16.2. The minimum Gasteiger partial charge on any atom is -0.368 e. The molecular weight excluding hydrogens is 340 g/mol. The van der Waals surface area contributed by atoms with Crippen LogP contribution in [0, 0.1) is 13.8 Å². The van der Waals surface area contributed by atoms with Crippen molar-refractivity contribution in [2.45, 2.75) is 71.1 Å². The van der Waals surface area contributed by atoms with Crippen molar-refractivity contribution in [2.24, 2.45) is 0 Å². The third kappa shape index (κ3) is 3.65. The Labute approximate surface area is 159 Å². The van der Waals surface area contributed by atoms with Crippen LogP contribution in [0.4, 0.5) is 0 Å². The van der Waals surface area contributed by atoms with Crippen LogP contribution in [0.5, 0.6) is 0 Å². The van der Waals surface area contributed by atoms with Gasteiger partial charge in [-0.2, -0.15) is 0 Å². The van der Waals surface area contributed by atoms with E-state index < -0.39 is 0 Å². The van der Waals surface area contributed by atoms with Crippen molar-refractivity contribution in [1.29, 1.82) is 0 Å². The quantitative estimate of drug-likeness (QED) is 0.897. The predicted molar refractivity (Wildman–Crippen MR) is 106 cm³/mol. The van der Waals surface area contributed by atoms with Crippen LogP contribution in [-0.2, 0) is 16.1 Å². The molecular formula is C22H28N2O3. The number of aromatic nitrogens is 1. The van der Waals surface area contributed by atoms with Gasteiger partial charge in [0.1, 0.15) is 6.10 Å². The number of carbonyl (C=O) groups is 1. The van der Waals surface area contributed by atoms with Crippen LogP contribution < -0.4 is 5.56 Å². The Kier molecular flexibility index (Phi) is 5.04. The smallest absolute Gasteiger partial charge is 0.253 e. The monoisotopic (exact) mass is 368 g/mol. The third-order valence-electron chi connectivity index (χ3n) is 5.96. The largest absolute Gasteiger partial charge is 0.368 e. The van der Waals surface area contributed by atoms with Gasteiger partial charge in [-0.25, -0.2) is 0 Å². The van der Waals surface area contributed by atoms with Gasteiger partial charge in [0.2, 0.25) is 0 Å². The Morgan fingerprint density at radius 2 is 1.93 bits per heavy atom. The van der Waals surface area contributed by atoms with Crippen LogP contribution in [0.15, 0.2) is 23.0 Å². The highest BCUT2D eigenvalue weighted by atomic mass is 16.5. The first-order chi connectivity index (χ1) is 13.0. The second-order valence-electron chi connectivity index (χ2n) is 8.08. The van der Waals surface area contributed by atoms with E-state index >= 15 is 0 Å². The summed E-state index contributed by atoms with van der Waals surface area (Å²) in [6.07, 6.45) is 5.71. The Balaban J connectivity index is 1.68. The first-order valence-electron chi connectivity index (χ1n) is 10.1. The molecule has 2 heterocycles. The van der Waals surface area contributed by atoms with Gasteiger partial charge in [-0.15, -0.1) is 0 Å². The van der Waals surface area contributed by atoms with Gasteiger partial charge in [-0.05, 0) is 62.6 Å². The summed E-state index contributed by atoms with van der Waals surface area (Å²) in [5.74, 6) is 0.0549. The van der Waals surface area contributed by atoms with Crippen molar-refractivity contribution >= 4 is 16.8 Å². The van der Waals surface area contributed by atoms with Crippen molar-refractivity contribution in [3.63, 3.8) is 0 Å². The zero-order chi connectivity index (χ0) is 19.0. The fraction of sp³-hybridized carbons (Fsp3) is 0.545.